The highest BCUT2D eigenvalue weighted by Gasteiger charge is 2.49. The van der Waals surface area contributed by atoms with Crippen LogP contribution in [-0.2, 0) is 11.0 Å². The van der Waals surface area contributed by atoms with Crippen LogP contribution in [0.1, 0.15) is 45.2 Å². The molecule has 31 heavy (non-hydrogen) atoms. The highest BCUT2D eigenvalue weighted by atomic mass is 32.2. The van der Waals surface area contributed by atoms with Gasteiger partial charge in [0.1, 0.15) is 7.57 Å². The molecule has 2 nitrogen and oxygen atoms in total. The molecular weight excluding hydrogens is 451 g/mol. The normalized spacial score (nSPS) is 23.7. The second-order valence-electron chi connectivity index (χ2n) is 8.20. The molecular formula is C21H26BF5NOPS. The maximum Gasteiger partial charge on any atom is 0.200 e. The van der Waals surface area contributed by atoms with Gasteiger partial charge in [0.05, 0.1) is 33.0 Å². The van der Waals surface area contributed by atoms with Crippen molar-refractivity contribution in [3.05, 3.63) is 65.0 Å². The van der Waals surface area contributed by atoms with E-state index in [1.54, 1.807) is 20.8 Å². The lowest BCUT2D eigenvalue weighted by Crippen LogP contribution is -2.42. The molecule has 1 aliphatic rings. The summed E-state index contributed by atoms with van der Waals surface area (Å²) in [6.07, 6.45) is 2.29. The second kappa shape index (κ2) is 8.91. The first-order valence-electron chi connectivity index (χ1n) is 9.55. The van der Waals surface area contributed by atoms with E-state index in [1.807, 2.05) is 30.3 Å². The lowest BCUT2D eigenvalue weighted by molar-refractivity contribution is 0.359. The molecule has 3 rings (SSSR count). The maximum atomic E-state index is 14.9. The average molecular weight is 477 g/mol. The first-order chi connectivity index (χ1) is 14.4. The van der Waals surface area contributed by atoms with Crippen molar-refractivity contribution in [2.24, 2.45) is 0 Å². The van der Waals surface area contributed by atoms with Gasteiger partial charge in [0.2, 0.25) is 5.82 Å². The summed E-state index contributed by atoms with van der Waals surface area (Å²) in [5.41, 5.74) is -1.21. The van der Waals surface area contributed by atoms with Crippen molar-refractivity contribution >= 4 is 31.0 Å². The van der Waals surface area contributed by atoms with E-state index in [0.29, 0.717) is 6.42 Å². The van der Waals surface area contributed by atoms with Gasteiger partial charge < -0.3 is 0 Å². The molecule has 2 aromatic rings. The average Bonchev–Trinajstić information content (AvgIpc) is 3.12. The van der Waals surface area contributed by atoms with Crippen molar-refractivity contribution in [2.75, 3.05) is 6.16 Å². The van der Waals surface area contributed by atoms with E-state index < -0.39 is 63.6 Å². The summed E-state index contributed by atoms with van der Waals surface area (Å²) in [5.74, 6) is -9.79. The highest BCUT2D eigenvalue weighted by molar-refractivity contribution is 8.03. The molecule has 1 aliphatic heterocycles. The number of hydrogen-bond acceptors (Lipinski definition) is 1. The van der Waals surface area contributed by atoms with E-state index in [4.69, 9.17) is 0 Å². The van der Waals surface area contributed by atoms with Crippen LogP contribution < -0.4 is 10.0 Å². The fourth-order valence-electron chi connectivity index (χ4n) is 3.60. The van der Waals surface area contributed by atoms with Crippen molar-refractivity contribution in [2.45, 2.75) is 50.1 Å². The number of benzene rings is 2. The Balaban J connectivity index is 2.21. The minimum atomic E-state index is -2.18. The highest BCUT2D eigenvalue weighted by Crippen LogP contribution is 2.67. The molecule has 0 saturated carbocycles. The molecule has 0 amide bonds. The summed E-state index contributed by atoms with van der Waals surface area (Å²) in [5, 5.41) is 1.12. The summed E-state index contributed by atoms with van der Waals surface area (Å²) in [4.78, 5) is 0. The van der Waals surface area contributed by atoms with Gasteiger partial charge in [-0.2, -0.15) is 0 Å². The summed E-state index contributed by atoms with van der Waals surface area (Å²) in [7, 11) is -3.95. The summed E-state index contributed by atoms with van der Waals surface area (Å²) >= 11 is 0. The van der Waals surface area contributed by atoms with Crippen LogP contribution in [0.2, 0.25) is 0 Å². The van der Waals surface area contributed by atoms with E-state index in [0.717, 1.165) is 17.9 Å². The van der Waals surface area contributed by atoms with E-state index in [9.17, 15) is 26.2 Å². The Morgan fingerprint density at radius 2 is 1.52 bits per heavy atom. The molecule has 0 aromatic heterocycles. The third-order valence-corrected chi connectivity index (χ3v) is 9.81. The summed E-state index contributed by atoms with van der Waals surface area (Å²) in [6.45, 7) is 5.06. The van der Waals surface area contributed by atoms with Crippen LogP contribution in [0.5, 0.6) is 0 Å². The minimum Gasteiger partial charge on any atom is -0.242 e. The molecule has 1 heterocycles. The molecule has 170 valence electrons. The van der Waals surface area contributed by atoms with Gasteiger partial charge in [-0.1, -0.05) is 18.2 Å². The predicted octanol–water partition coefficient (Wildman–Crippen LogP) is 4.26. The number of rotatable bonds is 5. The van der Waals surface area contributed by atoms with Crippen molar-refractivity contribution in [1.82, 2.24) is 4.72 Å². The van der Waals surface area contributed by atoms with Gasteiger partial charge in [-0.15, -0.1) is 7.14 Å². The van der Waals surface area contributed by atoms with Crippen LogP contribution in [0, 0.1) is 29.1 Å². The van der Waals surface area contributed by atoms with Crippen molar-refractivity contribution in [1.29, 1.82) is 0 Å². The van der Waals surface area contributed by atoms with Gasteiger partial charge in [-0.05, 0) is 45.7 Å². The van der Waals surface area contributed by atoms with E-state index in [-0.39, 0.29) is 13.2 Å². The van der Waals surface area contributed by atoms with Crippen molar-refractivity contribution < 1.29 is 26.2 Å². The molecule has 0 bridgehead atoms. The van der Waals surface area contributed by atoms with Crippen LogP contribution in [0.4, 0.5) is 22.0 Å². The Kier molecular flexibility index (Phi) is 7.00. The molecule has 4 atom stereocenters. The lowest BCUT2D eigenvalue weighted by Gasteiger charge is -2.38. The Morgan fingerprint density at radius 1 is 1.00 bits per heavy atom. The molecule has 0 radical (unpaired) electrons. The molecule has 1 saturated heterocycles. The SMILES string of the molecule is [BH3-][P+]1(c2ccccc2)CCC[C@@H]1[C@@H](N[S@](=O)C(C)(C)C)c1c(F)c(F)c(F)c(F)c1F. The van der Waals surface area contributed by atoms with Crippen LogP contribution in [0.3, 0.4) is 0 Å². The number of nitrogens with one attached hydrogen (secondary N) is 1. The minimum absolute atomic E-state index is 0.325. The second-order valence-corrected chi connectivity index (χ2v) is 12.8. The standard InChI is InChI=1S/C21H26BF5NOPS/c1-21(2,3)31(29)28-20(14-15(23)17(25)19(27)18(26)16(14)24)13-10-7-11-30(13,22)12-8-5-4-6-9-12/h4-6,8-9,13,20,28H,7,10-11H2,1-3,22H3/t13-,20-,30?,31-/m1/s1. The van der Waals surface area contributed by atoms with Gasteiger partial charge in [0.15, 0.2) is 23.3 Å². The van der Waals surface area contributed by atoms with Crippen LogP contribution >= 0.6 is 7.14 Å². The molecule has 0 spiro atoms. The Bertz CT molecular complexity index is 974. The molecule has 0 aliphatic carbocycles. The first-order valence-corrected chi connectivity index (χ1v) is 12.3. The smallest absolute Gasteiger partial charge is 0.200 e. The third kappa shape index (κ3) is 4.46. The van der Waals surface area contributed by atoms with Crippen LogP contribution in [-0.4, -0.2) is 28.3 Å². The Labute approximate surface area is 183 Å². The first kappa shape index (κ1) is 24.3. The topological polar surface area (TPSA) is 29.1 Å². The summed E-state index contributed by atoms with van der Waals surface area (Å²) in [6, 6.07) is 8.46. The fraction of sp³-hybridized carbons (Fsp3) is 0.429. The summed E-state index contributed by atoms with van der Waals surface area (Å²) < 4.78 is 86.6. The van der Waals surface area contributed by atoms with E-state index in [2.05, 4.69) is 4.72 Å². The monoisotopic (exact) mass is 477 g/mol. The largest absolute Gasteiger partial charge is 0.242 e. The quantitative estimate of drug-likeness (QED) is 0.225. The molecule has 1 fully saturated rings. The lowest BCUT2D eigenvalue weighted by atomic mass is 9.99. The number of hydrogen-bond donors (Lipinski definition) is 1. The van der Waals surface area contributed by atoms with Gasteiger partial charge in [-0.25, -0.2) is 30.9 Å². The maximum absolute atomic E-state index is 14.9. The van der Waals surface area contributed by atoms with Crippen molar-refractivity contribution in [3.8, 4) is 0 Å². The third-order valence-electron chi connectivity index (χ3n) is 5.12. The van der Waals surface area contributed by atoms with E-state index in [1.165, 1.54) is 0 Å². The van der Waals surface area contributed by atoms with Gasteiger partial charge >= 0.3 is 0 Å². The van der Waals surface area contributed by atoms with E-state index >= 15 is 0 Å². The molecule has 1 unspecified atom stereocenters. The van der Waals surface area contributed by atoms with Crippen LogP contribution in [0.15, 0.2) is 30.3 Å². The molecule has 10 heteroatoms. The van der Waals surface area contributed by atoms with Gasteiger partial charge in [0.25, 0.3) is 0 Å². The zero-order valence-corrected chi connectivity index (χ0v) is 18.5. The van der Waals surface area contributed by atoms with Gasteiger partial charge in [0, 0.05) is 11.5 Å². The predicted molar refractivity (Wildman–Crippen MR) is 121 cm³/mol. The van der Waals surface area contributed by atoms with Crippen LogP contribution in [0.25, 0.3) is 0 Å². The molecule has 2 aromatic carbocycles. The Morgan fingerprint density at radius 3 is 2.03 bits per heavy atom. The molecule has 1 N–H and O–H groups in total. The van der Waals surface area contributed by atoms with Crippen molar-refractivity contribution in [3.63, 3.8) is 0 Å². The zero-order valence-electron chi connectivity index (χ0n) is 16.8. The Hall–Kier alpha value is -1.31. The zero-order chi connectivity index (χ0) is 23.1. The number of halogens is 5. The van der Waals surface area contributed by atoms with Gasteiger partial charge in [-0.3, -0.25) is 0 Å². The fourth-order valence-corrected chi connectivity index (χ4v) is 7.69.